The van der Waals surface area contributed by atoms with Crippen molar-refractivity contribution in [1.29, 1.82) is 0 Å². The standard InChI is InChI=1S/C29H34F2N6O2.C14H15F2N5O/c1-17-7-9-20(10-8-17)18(2)35-14-21(11-25(35)38)19(3)39-27-26-24(32-16-36(26)28(30)31)12-23(34-27)22-13-33-37(15-22)29(4,5)6;1-14(2,3)21-6-8(5-18-21)9-4-10-11(12(22)19-9)20(7-17-10)13(15)16/h7-10,12-13,15-16,18-19,21,28H,11,14H2,1-6H3;4-7,13H,1-3H3,(H,19,22)/t18-,19-,21-;/m1./s1. The van der Waals surface area contributed by atoms with E-state index in [1.54, 1.807) is 35.4 Å². The number of benzene rings is 1. The summed E-state index contributed by atoms with van der Waals surface area (Å²) in [7, 11) is 0. The van der Waals surface area contributed by atoms with Gasteiger partial charge in [0.25, 0.3) is 5.56 Å². The van der Waals surface area contributed by atoms with Crippen LogP contribution in [0.2, 0.25) is 0 Å². The number of fused-ring (bicyclic) bond motifs is 2. The Morgan fingerprint density at radius 3 is 1.92 bits per heavy atom. The van der Waals surface area contributed by atoms with Crippen LogP contribution in [-0.2, 0) is 15.9 Å². The van der Waals surface area contributed by atoms with Crippen LogP contribution in [0.1, 0.15) is 92.1 Å². The first-order chi connectivity index (χ1) is 28.7. The number of H-pyrrole nitrogens is 1. The second-order valence-electron chi connectivity index (χ2n) is 17.4. The van der Waals surface area contributed by atoms with Crippen molar-refractivity contribution in [3.8, 4) is 28.4 Å². The number of amides is 1. The van der Waals surface area contributed by atoms with Gasteiger partial charge in [-0.05, 0) is 80.0 Å². The maximum atomic E-state index is 13.9. The van der Waals surface area contributed by atoms with E-state index in [4.69, 9.17) is 4.74 Å². The molecule has 0 aliphatic carbocycles. The maximum absolute atomic E-state index is 13.9. The number of nitrogens with zero attached hydrogens (tertiary/aromatic N) is 10. The van der Waals surface area contributed by atoms with Gasteiger partial charge in [0, 0.05) is 42.4 Å². The summed E-state index contributed by atoms with van der Waals surface area (Å²) in [5.74, 6) is -0.0196. The lowest BCUT2D eigenvalue weighted by atomic mass is 10.0. The molecule has 1 amide bonds. The topological polar surface area (TPSA) is 147 Å². The van der Waals surface area contributed by atoms with Gasteiger partial charge in [0.2, 0.25) is 11.8 Å². The Bertz CT molecular complexity index is 2740. The number of aromatic amines is 1. The number of imidazole rings is 2. The highest BCUT2D eigenvalue weighted by Crippen LogP contribution is 2.36. The molecule has 8 rings (SSSR count). The molecule has 0 bridgehead atoms. The molecular formula is C43H49F4N11O3. The molecule has 0 saturated carbocycles. The molecule has 0 radical (unpaired) electrons. The second-order valence-corrected chi connectivity index (χ2v) is 17.4. The molecule has 14 nitrogen and oxygen atoms in total. The third kappa shape index (κ3) is 8.79. The summed E-state index contributed by atoms with van der Waals surface area (Å²) in [6, 6.07) is 11.3. The number of pyridine rings is 2. The van der Waals surface area contributed by atoms with Gasteiger partial charge in [0.05, 0.1) is 51.9 Å². The summed E-state index contributed by atoms with van der Waals surface area (Å²) < 4.78 is 64.6. The zero-order valence-corrected chi connectivity index (χ0v) is 35.4. The van der Waals surface area contributed by atoms with E-state index in [0.29, 0.717) is 40.0 Å². The first kappa shape index (κ1) is 42.8. The highest BCUT2D eigenvalue weighted by atomic mass is 19.3. The van der Waals surface area contributed by atoms with Gasteiger partial charge in [0.15, 0.2) is 0 Å². The summed E-state index contributed by atoms with van der Waals surface area (Å²) in [6.07, 6.45) is 8.89. The van der Waals surface area contributed by atoms with Crippen molar-refractivity contribution in [3.05, 3.63) is 95.3 Å². The van der Waals surface area contributed by atoms with E-state index in [0.717, 1.165) is 33.9 Å². The van der Waals surface area contributed by atoms with Crippen LogP contribution in [-0.4, -0.2) is 72.1 Å². The van der Waals surface area contributed by atoms with Gasteiger partial charge in [0.1, 0.15) is 29.8 Å². The van der Waals surface area contributed by atoms with Crippen molar-refractivity contribution in [2.24, 2.45) is 5.92 Å². The molecular weight excluding hydrogens is 795 g/mol. The quantitative estimate of drug-likeness (QED) is 0.142. The van der Waals surface area contributed by atoms with E-state index < -0.39 is 24.8 Å². The molecule has 7 aromatic rings. The molecule has 1 aliphatic rings. The van der Waals surface area contributed by atoms with Gasteiger partial charge in [-0.25, -0.2) is 15.0 Å². The van der Waals surface area contributed by atoms with Crippen LogP contribution in [0.4, 0.5) is 17.6 Å². The Morgan fingerprint density at radius 2 is 1.34 bits per heavy atom. The van der Waals surface area contributed by atoms with Crippen LogP contribution in [0.15, 0.2) is 78.6 Å². The van der Waals surface area contributed by atoms with Gasteiger partial charge < -0.3 is 14.6 Å². The molecule has 18 heteroatoms. The predicted octanol–water partition coefficient (Wildman–Crippen LogP) is 8.87. The number of aromatic nitrogens is 10. The highest BCUT2D eigenvalue weighted by Gasteiger charge is 2.37. The fourth-order valence-electron chi connectivity index (χ4n) is 7.17. The number of carbonyl (C=O) groups is 1. The Balaban J connectivity index is 0.000000215. The van der Waals surface area contributed by atoms with Crippen molar-refractivity contribution in [1.82, 2.24) is 53.5 Å². The minimum atomic E-state index is -2.81. The first-order valence-electron chi connectivity index (χ1n) is 19.9. The Kier molecular flexibility index (Phi) is 11.4. The normalized spacial score (nSPS) is 15.9. The lowest BCUT2D eigenvalue weighted by Crippen LogP contribution is -2.31. The van der Waals surface area contributed by atoms with Crippen molar-refractivity contribution in [2.75, 3.05) is 6.54 Å². The maximum Gasteiger partial charge on any atom is 0.320 e. The summed E-state index contributed by atoms with van der Waals surface area (Å²) >= 11 is 0. The third-order valence-corrected chi connectivity index (χ3v) is 10.8. The number of carbonyl (C=O) groups excluding carboxylic acids is 1. The van der Waals surface area contributed by atoms with Crippen LogP contribution in [0.3, 0.4) is 0 Å². The molecule has 0 unspecified atom stereocenters. The van der Waals surface area contributed by atoms with Gasteiger partial charge in [-0.1, -0.05) is 29.8 Å². The molecule has 3 atom stereocenters. The molecule has 61 heavy (non-hydrogen) atoms. The van der Waals surface area contributed by atoms with Crippen LogP contribution in [0.5, 0.6) is 5.88 Å². The number of rotatable bonds is 9. The second kappa shape index (κ2) is 16.3. The zero-order chi connectivity index (χ0) is 44.1. The molecule has 1 N–H and O–H groups in total. The zero-order valence-electron chi connectivity index (χ0n) is 35.4. The fraction of sp³-hybridized carbons (Fsp3) is 0.419. The Labute approximate surface area is 349 Å². The third-order valence-electron chi connectivity index (χ3n) is 10.8. The van der Waals surface area contributed by atoms with Crippen molar-refractivity contribution < 1.29 is 27.1 Å². The lowest BCUT2D eigenvalue weighted by molar-refractivity contribution is -0.129. The van der Waals surface area contributed by atoms with E-state index in [-0.39, 0.29) is 51.4 Å². The average Bonchev–Trinajstić information content (AvgIpc) is 4.03. The molecule has 1 fully saturated rings. The van der Waals surface area contributed by atoms with Crippen LogP contribution < -0.4 is 10.3 Å². The predicted molar refractivity (Wildman–Crippen MR) is 222 cm³/mol. The Hall–Kier alpha value is -6.33. The largest absolute Gasteiger partial charge is 0.473 e. The number of ether oxygens (including phenoxy) is 1. The Morgan fingerprint density at radius 1 is 0.787 bits per heavy atom. The minimum Gasteiger partial charge on any atom is -0.473 e. The molecule has 6 aromatic heterocycles. The summed E-state index contributed by atoms with van der Waals surface area (Å²) in [4.78, 5) is 42.3. The minimum absolute atomic E-state index is 0.0441. The number of aryl methyl sites for hydroxylation is 1. The van der Waals surface area contributed by atoms with Crippen LogP contribution >= 0.6 is 0 Å². The smallest absolute Gasteiger partial charge is 0.320 e. The summed E-state index contributed by atoms with van der Waals surface area (Å²) in [6.45, 7) is 12.9. The number of hydrogen-bond acceptors (Lipinski definition) is 8. The van der Waals surface area contributed by atoms with Crippen LogP contribution in [0, 0.1) is 12.8 Å². The first-order valence-corrected chi connectivity index (χ1v) is 19.9. The van der Waals surface area contributed by atoms with Crippen LogP contribution in [0.25, 0.3) is 44.6 Å². The van der Waals surface area contributed by atoms with E-state index in [9.17, 15) is 27.2 Å². The monoisotopic (exact) mass is 843 g/mol. The van der Waals surface area contributed by atoms with Gasteiger partial charge >= 0.3 is 13.1 Å². The van der Waals surface area contributed by atoms with Crippen molar-refractivity contribution in [2.45, 2.75) is 105 Å². The molecule has 7 heterocycles. The SMILES string of the molecule is CC(C)(C)n1cc(-c2cc3ncn(C(F)F)c3c(=O)[nH]2)cn1.Cc1ccc([C@@H](C)N2C[C@H]([C@@H](C)Oc3nc(-c4cnn(C(C)(C)C)c4)cc4ncn(C(F)F)c34)CC2=O)cc1. The molecule has 322 valence electrons. The average molecular weight is 844 g/mol. The molecule has 1 aliphatic heterocycles. The van der Waals surface area contributed by atoms with Crippen molar-refractivity contribution >= 4 is 28.0 Å². The van der Waals surface area contributed by atoms with Crippen molar-refractivity contribution in [3.63, 3.8) is 0 Å². The number of nitrogens with one attached hydrogen (secondary N) is 1. The highest BCUT2D eigenvalue weighted by molar-refractivity contribution is 5.85. The lowest BCUT2D eigenvalue weighted by Gasteiger charge is -2.26. The number of halogens is 4. The van der Waals surface area contributed by atoms with E-state index >= 15 is 0 Å². The van der Waals surface area contributed by atoms with Gasteiger partial charge in [-0.15, -0.1) is 0 Å². The molecule has 0 spiro atoms. The van der Waals surface area contributed by atoms with E-state index in [2.05, 4.69) is 30.1 Å². The molecule has 1 saturated heterocycles. The fourth-order valence-corrected chi connectivity index (χ4v) is 7.17. The van der Waals surface area contributed by atoms with Gasteiger partial charge in [-0.3, -0.25) is 28.1 Å². The summed E-state index contributed by atoms with van der Waals surface area (Å²) in [5, 5.41) is 8.70. The van der Waals surface area contributed by atoms with Gasteiger partial charge in [-0.2, -0.15) is 27.8 Å². The van der Waals surface area contributed by atoms with E-state index in [1.165, 1.54) is 0 Å². The number of likely N-dealkylation sites (tertiary alicyclic amines) is 1. The molecule has 1 aromatic carbocycles. The number of hydrogen-bond donors (Lipinski definition) is 1. The summed E-state index contributed by atoms with van der Waals surface area (Å²) in [5.41, 5.74) is 4.20. The number of alkyl halides is 4. The van der Waals surface area contributed by atoms with E-state index in [1.807, 2.05) is 102 Å².